The van der Waals surface area contributed by atoms with Crippen LogP contribution in [0.3, 0.4) is 0 Å². The van der Waals surface area contributed by atoms with E-state index in [2.05, 4.69) is 30.4 Å². The average Bonchev–Trinajstić information content (AvgIpc) is 2.90. The van der Waals surface area contributed by atoms with E-state index in [1.165, 1.54) is 24.0 Å². The summed E-state index contributed by atoms with van der Waals surface area (Å²) in [6, 6.07) is 7.52. The van der Waals surface area contributed by atoms with Gasteiger partial charge in [-0.3, -0.25) is 0 Å². The fourth-order valence-electron chi connectivity index (χ4n) is 5.93. The molecular weight excluding hydrogens is 258 g/mol. The minimum absolute atomic E-state index is 0.583. The third kappa shape index (κ3) is 1.75. The standard InChI is InChI=1S/C19H25NO/c1-2-20-19(14-5-6-15-11(9-14)7-8-21-15)18-16-12-3-4-13(10-12)17(16)18/h5-6,9,12-13,16-20H,2-4,7-8,10H2,1H3. The van der Waals surface area contributed by atoms with Gasteiger partial charge in [0, 0.05) is 12.5 Å². The number of fused-ring (bicyclic) bond motifs is 6. The lowest BCUT2D eigenvalue weighted by molar-refractivity contribution is 0.356. The zero-order valence-electron chi connectivity index (χ0n) is 12.8. The molecule has 5 unspecified atom stereocenters. The molecule has 2 heteroatoms. The van der Waals surface area contributed by atoms with Gasteiger partial charge in [-0.15, -0.1) is 0 Å². The number of rotatable bonds is 4. The summed E-state index contributed by atoms with van der Waals surface area (Å²) in [6.45, 7) is 4.18. The van der Waals surface area contributed by atoms with E-state index in [9.17, 15) is 0 Å². The monoisotopic (exact) mass is 283 g/mol. The summed E-state index contributed by atoms with van der Waals surface area (Å²) in [7, 11) is 0. The zero-order valence-corrected chi connectivity index (χ0v) is 12.8. The molecule has 0 aromatic heterocycles. The third-order valence-electron chi connectivity index (χ3n) is 6.68. The van der Waals surface area contributed by atoms with E-state index in [0.29, 0.717) is 6.04 Å². The summed E-state index contributed by atoms with van der Waals surface area (Å²) >= 11 is 0. The van der Waals surface area contributed by atoms with Gasteiger partial charge in [-0.25, -0.2) is 0 Å². The van der Waals surface area contributed by atoms with Gasteiger partial charge in [0.15, 0.2) is 0 Å². The predicted molar refractivity (Wildman–Crippen MR) is 83.4 cm³/mol. The molecule has 3 fully saturated rings. The Labute approximate surface area is 127 Å². The van der Waals surface area contributed by atoms with Crippen molar-refractivity contribution in [1.29, 1.82) is 0 Å². The van der Waals surface area contributed by atoms with Crippen LogP contribution >= 0.6 is 0 Å². The summed E-state index contributed by atoms with van der Waals surface area (Å²) in [5.41, 5.74) is 2.93. The first kappa shape index (κ1) is 12.5. The van der Waals surface area contributed by atoms with E-state index in [-0.39, 0.29) is 0 Å². The number of hydrogen-bond acceptors (Lipinski definition) is 2. The first-order valence-corrected chi connectivity index (χ1v) is 8.86. The number of hydrogen-bond donors (Lipinski definition) is 1. The second-order valence-corrected chi connectivity index (χ2v) is 7.57. The minimum Gasteiger partial charge on any atom is -0.493 e. The molecule has 2 nitrogen and oxygen atoms in total. The summed E-state index contributed by atoms with van der Waals surface area (Å²) in [6.07, 6.45) is 5.66. The lowest BCUT2D eigenvalue weighted by atomic mass is 9.92. The Morgan fingerprint density at radius 1 is 1.24 bits per heavy atom. The highest BCUT2D eigenvalue weighted by molar-refractivity contribution is 5.41. The topological polar surface area (TPSA) is 21.3 Å². The molecule has 1 heterocycles. The van der Waals surface area contributed by atoms with Gasteiger partial charge in [-0.1, -0.05) is 19.1 Å². The maximum atomic E-state index is 5.67. The van der Waals surface area contributed by atoms with E-state index < -0.39 is 0 Å². The second-order valence-electron chi connectivity index (χ2n) is 7.57. The van der Waals surface area contributed by atoms with Crippen LogP contribution in [0.25, 0.3) is 0 Å². The van der Waals surface area contributed by atoms with Crippen molar-refractivity contribution in [3.63, 3.8) is 0 Å². The van der Waals surface area contributed by atoms with Crippen molar-refractivity contribution in [2.75, 3.05) is 13.2 Å². The smallest absolute Gasteiger partial charge is 0.122 e. The van der Waals surface area contributed by atoms with Crippen molar-refractivity contribution in [1.82, 2.24) is 5.32 Å². The highest BCUT2D eigenvalue weighted by atomic mass is 16.5. The number of benzene rings is 1. The van der Waals surface area contributed by atoms with E-state index >= 15 is 0 Å². The molecule has 21 heavy (non-hydrogen) atoms. The average molecular weight is 283 g/mol. The van der Waals surface area contributed by atoms with Gasteiger partial charge in [-0.05, 0) is 72.6 Å². The van der Waals surface area contributed by atoms with Crippen LogP contribution in [0.1, 0.15) is 43.4 Å². The van der Waals surface area contributed by atoms with Crippen LogP contribution in [0.2, 0.25) is 0 Å². The second kappa shape index (κ2) is 4.49. The molecule has 1 aromatic rings. The number of nitrogens with one attached hydrogen (secondary N) is 1. The Morgan fingerprint density at radius 3 is 2.81 bits per heavy atom. The van der Waals surface area contributed by atoms with Gasteiger partial charge in [0.05, 0.1) is 6.61 Å². The summed E-state index contributed by atoms with van der Waals surface area (Å²) in [5, 5.41) is 3.81. The molecule has 0 amide bonds. The van der Waals surface area contributed by atoms with Gasteiger partial charge in [-0.2, -0.15) is 0 Å². The van der Waals surface area contributed by atoms with E-state index in [0.717, 1.165) is 54.9 Å². The molecule has 3 aliphatic carbocycles. The Hall–Kier alpha value is -1.02. The summed E-state index contributed by atoms with van der Waals surface area (Å²) in [5.74, 6) is 6.23. The zero-order chi connectivity index (χ0) is 14.0. The van der Waals surface area contributed by atoms with Crippen LogP contribution in [0.15, 0.2) is 18.2 Å². The maximum absolute atomic E-state index is 5.67. The van der Waals surface area contributed by atoms with Crippen molar-refractivity contribution in [2.45, 2.75) is 38.6 Å². The summed E-state index contributed by atoms with van der Waals surface area (Å²) in [4.78, 5) is 0. The van der Waals surface area contributed by atoms with Crippen molar-refractivity contribution in [2.24, 2.45) is 29.6 Å². The molecule has 1 aliphatic heterocycles. The highest BCUT2D eigenvalue weighted by Crippen LogP contribution is 2.72. The fraction of sp³-hybridized carbons (Fsp3) is 0.684. The molecule has 0 saturated heterocycles. The molecule has 0 radical (unpaired) electrons. The fourth-order valence-corrected chi connectivity index (χ4v) is 5.93. The van der Waals surface area contributed by atoms with Crippen LogP contribution in [-0.2, 0) is 6.42 Å². The van der Waals surface area contributed by atoms with Crippen LogP contribution in [0.4, 0.5) is 0 Å². The van der Waals surface area contributed by atoms with Crippen LogP contribution in [0.5, 0.6) is 5.75 Å². The molecule has 3 saturated carbocycles. The largest absolute Gasteiger partial charge is 0.493 e. The molecule has 1 N–H and O–H groups in total. The molecule has 112 valence electrons. The van der Waals surface area contributed by atoms with Crippen molar-refractivity contribution in [3.8, 4) is 5.75 Å². The van der Waals surface area contributed by atoms with Crippen molar-refractivity contribution in [3.05, 3.63) is 29.3 Å². The molecule has 0 spiro atoms. The SMILES string of the molecule is CCNC(c1ccc2c(c1)CCO2)C1C2C3CCC(C3)C21. The van der Waals surface area contributed by atoms with E-state index in [1.807, 2.05) is 0 Å². The first-order chi connectivity index (χ1) is 10.4. The maximum Gasteiger partial charge on any atom is 0.122 e. The van der Waals surface area contributed by atoms with Gasteiger partial charge in [0.25, 0.3) is 0 Å². The Morgan fingerprint density at radius 2 is 2.05 bits per heavy atom. The normalized spacial score (nSPS) is 39.8. The quantitative estimate of drug-likeness (QED) is 0.912. The van der Waals surface area contributed by atoms with Crippen molar-refractivity contribution < 1.29 is 4.74 Å². The van der Waals surface area contributed by atoms with Gasteiger partial charge in [0.1, 0.15) is 5.75 Å². The Bertz CT molecular complexity index is 553. The van der Waals surface area contributed by atoms with Gasteiger partial charge >= 0.3 is 0 Å². The third-order valence-corrected chi connectivity index (χ3v) is 6.68. The summed E-state index contributed by atoms with van der Waals surface area (Å²) < 4.78 is 5.67. The minimum atomic E-state index is 0.583. The van der Waals surface area contributed by atoms with E-state index in [1.54, 1.807) is 6.42 Å². The molecule has 2 bridgehead atoms. The predicted octanol–water partition coefficient (Wildman–Crippen LogP) is 3.56. The molecular formula is C19H25NO. The molecule has 5 rings (SSSR count). The van der Waals surface area contributed by atoms with Crippen LogP contribution < -0.4 is 10.1 Å². The molecule has 5 atom stereocenters. The Kier molecular flexibility index (Phi) is 2.67. The van der Waals surface area contributed by atoms with Crippen LogP contribution in [0, 0.1) is 29.6 Å². The molecule has 4 aliphatic rings. The van der Waals surface area contributed by atoms with E-state index in [4.69, 9.17) is 4.74 Å². The van der Waals surface area contributed by atoms with Crippen molar-refractivity contribution >= 4 is 0 Å². The van der Waals surface area contributed by atoms with Gasteiger partial charge < -0.3 is 10.1 Å². The first-order valence-electron chi connectivity index (χ1n) is 8.86. The molecule has 1 aromatic carbocycles. The number of ether oxygens (including phenoxy) is 1. The lowest BCUT2D eigenvalue weighted by Crippen LogP contribution is -2.25. The van der Waals surface area contributed by atoms with Crippen LogP contribution in [-0.4, -0.2) is 13.2 Å². The Balaban J connectivity index is 1.44. The lowest BCUT2D eigenvalue weighted by Gasteiger charge is -2.22. The van der Waals surface area contributed by atoms with Gasteiger partial charge in [0.2, 0.25) is 0 Å². The highest BCUT2D eigenvalue weighted by Gasteiger charge is 2.66.